The van der Waals surface area contributed by atoms with E-state index in [0.717, 1.165) is 27.0 Å². The van der Waals surface area contributed by atoms with E-state index in [1.54, 1.807) is 12.4 Å². The normalized spacial score (nSPS) is 11.4. The standard InChI is InChI=1S/C18H19N5O2S/c1-12-6-7-19-17(10-12)22-16-5-3-4-14(21-16)15-11-20-18(26-15)13(2)23-25-9-8-24/h3-7,10-11,24H,8-9H2,1-2H3,(H,19,21,22)/b23-13-. The Morgan fingerprint density at radius 1 is 1.27 bits per heavy atom. The molecule has 7 nitrogen and oxygen atoms in total. The van der Waals surface area contributed by atoms with Crippen LogP contribution in [0, 0.1) is 6.92 Å². The highest BCUT2D eigenvalue weighted by Gasteiger charge is 2.09. The first-order valence-electron chi connectivity index (χ1n) is 8.06. The first-order chi connectivity index (χ1) is 12.7. The van der Waals surface area contributed by atoms with Gasteiger partial charge < -0.3 is 15.3 Å². The van der Waals surface area contributed by atoms with Gasteiger partial charge in [0.15, 0.2) is 0 Å². The number of hydrogen-bond acceptors (Lipinski definition) is 8. The Bertz CT molecular complexity index is 910. The molecule has 0 aliphatic heterocycles. The number of anilines is 2. The molecule has 0 fully saturated rings. The van der Waals surface area contributed by atoms with E-state index in [1.165, 1.54) is 11.3 Å². The smallest absolute Gasteiger partial charge is 0.141 e. The average Bonchev–Trinajstić information content (AvgIpc) is 3.12. The van der Waals surface area contributed by atoms with Crippen LogP contribution in [0.5, 0.6) is 0 Å². The summed E-state index contributed by atoms with van der Waals surface area (Å²) in [6.45, 7) is 3.93. The van der Waals surface area contributed by atoms with E-state index < -0.39 is 0 Å². The van der Waals surface area contributed by atoms with E-state index in [-0.39, 0.29) is 13.2 Å². The van der Waals surface area contributed by atoms with Gasteiger partial charge in [0.1, 0.15) is 29.0 Å². The number of nitrogens with one attached hydrogen (secondary N) is 1. The topological polar surface area (TPSA) is 92.5 Å². The SMILES string of the molecule is C/C(=N/OCCO)c1ncc(-c2cccc(Nc3cc(C)ccn3)n2)s1. The number of rotatable bonds is 7. The molecule has 0 saturated carbocycles. The van der Waals surface area contributed by atoms with Gasteiger partial charge in [0.25, 0.3) is 0 Å². The molecule has 134 valence electrons. The minimum atomic E-state index is -0.0700. The highest BCUT2D eigenvalue weighted by Crippen LogP contribution is 2.26. The number of thiazole rings is 1. The molecule has 0 atom stereocenters. The van der Waals surface area contributed by atoms with Gasteiger partial charge in [-0.25, -0.2) is 15.0 Å². The van der Waals surface area contributed by atoms with Crippen LogP contribution >= 0.6 is 11.3 Å². The van der Waals surface area contributed by atoms with Gasteiger partial charge in [0, 0.05) is 12.4 Å². The fourth-order valence-electron chi connectivity index (χ4n) is 2.16. The molecule has 3 rings (SSSR count). The van der Waals surface area contributed by atoms with Crippen LogP contribution in [0.2, 0.25) is 0 Å². The fourth-order valence-corrected chi connectivity index (χ4v) is 2.98. The maximum absolute atomic E-state index is 8.72. The summed E-state index contributed by atoms with van der Waals surface area (Å²) in [5, 5.41) is 16.6. The molecule has 0 amide bonds. The number of hydrogen-bond donors (Lipinski definition) is 2. The van der Waals surface area contributed by atoms with Crippen LogP contribution in [0.15, 0.2) is 47.9 Å². The first kappa shape index (κ1) is 18.0. The van der Waals surface area contributed by atoms with Crippen LogP contribution in [0.3, 0.4) is 0 Å². The van der Waals surface area contributed by atoms with Gasteiger partial charge in [0.05, 0.1) is 17.2 Å². The number of aliphatic hydroxyl groups is 1. The van der Waals surface area contributed by atoms with E-state index in [2.05, 4.69) is 25.4 Å². The number of pyridine rings is 2. The number of nitrogens with zero attached hydrogens (tertiary/aromatic N) is 4. The van der Waals surface area contributed by atoms with E-state index in [4.69, 9.17) is 9.94 Å². The van der Waals surface area contributed by atoms with Crippen molar-refractivity contribution in [2.45, 2.75) is 13.8 Å². The zero-order chi connectivity index (χ0) is 18.4. The van der Waals surface area contributed by atoms with Crippen molar-refractivity contribution >= 4 is 28.7 Å². The van der Waals surface area contributed by atoms with E-state index in [9.17, 15) is 0 Å². The van der Waals surface area contributed by atoms with Crippen LogP contribution in [0.4, 0.5) is 11.6 Å². The lowest BCUT2D eigenvalue weighted by molar-refractivity contribution is 0.0986. The van der Waals surface area contributed by atoms with Crippen molar-refractivity contribution in [2.24, 2.45) is 5.16 Å². The largest absolute Gasteiger partial charge is 0.393 e. The Morgan fingerprint density at radius 2 is 2.15 bits per heavy atom. The summed E-state index contributed by atoms with van der Waals surface area (Å²) in [4.78, 5) is 19.2. The molecule has 3 aromatic rings. The third kappa shape index (κ3) is 4.62. The van der Waals surface area contributed by atoms with Crippen LogP contribution in [-0.4, -0.2) is 39.0 Å². The first-order valence-corrected chi connectivity index (χ1v) is 8.88. The molecular weight excluding hydrogens is 350 g/mol. The molecule has 3 heterocycles. The number of aryl methyl sites for hydroxylation is 1. The number of aromatic nitrogens is 3. The van der Waals surface area contributed by atoms with Crippen LogP contribution in [0.25, 0.3) is 10.6 Å². The molecule has 0 radical (unpaired) electrons. The quantitative estimate of drug-likeness (QED) is 0.377. The minimum Gasteiger partial charge on any atom is -0.393 e. The van der Waals surface area contributed by atoms with Crippen molar-refractivity contribution in [3.8, 4) is 10.6 Å². The lowest BCUT2D eigenvalue weighted by Crippen LogP contribution is -1.98. The number of aliphatic hydroxyl groups excluding tert-OH is 1. The zero-order valence-corrected chi connectivity index (χ0v) is 15.3. The van der Waals surface area contributed by atoms with Crippen molar-refractivity contribution in [3.05, 3.63) is 53.3 Å². The highest BCUT2D eigenvalue weighted by molar-refractivity contribution is 7.17. The molecule has 0 spiro atoms. The van der Waals surface area contributed by atoms with Gasteiger partial charge in [0.2, 0.25) is 0 Å². The third-order valence-electron chi connectivity index (χ3n) is 3.37. The molecule has 8 heteroatoms. The molecule has 2 N–H and O–H groups in total. The maximum atomic E-state index is 8.72. The monoisotopic (exact) mass is 369 g/mol. The fraction of sp³-hybridized carbons (Fsp3) is 0.222. The highest BCUT2D eigenvalue weighted by atomic mass is 32.1. The summed E-state index contributed by atoms with van der Waals surface area (Å²) in [5.74, 6) is 1.47. The molecule has 0 aliphatic rings. The van der Waals surface area contributed by atoms with Crippen molar-refractivity contribution in [1.29, 1.82) is 0 Å². The molecule has 0 aliphatic carbocycles. The number of oxime groups is 1. The van der Waals surface area contributed by atoms with Crippen LogP contribution in [-0.2, 0) is 4.84 Å². The van der Waals surface area contributed by atoms with Gasteiger partial charge in [-0.1, -0.05) is 11.2 Å². The predicted octanol–water partition coefficient (Wildman–Crippen LogP) is 3.39. The Balaban J connectivity index is 1.77. The van der Waals surface area contributed by atoms with Crippen molar-refractivity contribution in [1.82, 2.24) is 15.0 Å². The summed E-state index contributed by atoms with van der Waals surface area (Å²) < 4.78 is 0. The van der Waals surface area contributed by atoms with Crippen LogP contribution < -0.4 is 5.32 Å². The lowest BCUT2D eigenvalue weighted by Gasteiger charge is -2.06. The Labute approximate surface area is 155 Å². The Morgan fingerprint density at radius 3 is 2.96 bits per heavy atom. The predicted molar refractivity (Wildman–Crippen MR) is 103 cm³/mol. The summed E-state index contributed by atoms with van der Waals surface area (Å²) in [5.41, 5.74) is 2.60. The molecule has 0 saturated heterocycles. The van der Waals surface area contributed by atoms with Crippen LogP contribution in [0.1, 0.15) is 17.5 Å². The zero-order valence-electron chi connectivity index (χ0n) is 14.5. The minimum absolute atomic E-state index is 0.0700. The Hall–Kier alpha value is -2.84. The summed E-state index contributed by atoms with van der Waals surface area (Å²) in [6, 6.07) is 9.67. The Kier molecular flexibility index (Phi) is 5.88. The maximum Gasteiger partial charge on any atom is 0.141 e. The third-order valence-corrected chi connectivity index (χ3v) is 4.50. The molecule has 3 aromatic heterocycles. The molecule has 26 heavy (non-hydrogen) atoms. The second kappa shape index (κ2) is 8.50. The van der Waals surface area contributed by atoms with E-state index >= 15 is 0 Å². The molecule has 0 bridgehead atoms. The average molecular weight is 369 g/mol. The van der Waals surface area contributed by atoms with Gasteiger partial charge >= 0.3 is 0 Å². The van der Waals surface area contributed by atoms with Gasteiger partial charge in [-0.15, -0.1) is 11.3 Å². The molecular formula is C18H19N5O2S. The van der Waals surface area contributed by atoms with Crippen molar-refractivity contribution in [2.75, 3.05) is 18.5 Å². The van der Waals surface area contributed by atoms with Gasteiger partial charge in [-0.05, 0) is 43.7 Å². The summed E-state index contributed by atoms with van der Waals surface area (Å²) >= 11 is 1.48. The van der Waals surface area contributed by atoms with E-state index in [1.807, 2.05) is 44.2 Å². The lowest BCUT2D eigenvalue weighted by atomic mass is 10.3. The summed E-state index contributed by atoms with van der Waals surface area (Å²) in [7, 11) is 0. The van der Waals surface area contributed by atoms with Gasteiger partial charge in [-0.2, -0.15) is 0 Å². The van der Waals surface area contributed by atoms with E-state index in [0.29, 0.717) is 11.5 Å². The molecule has 0 aromatic carbocycles. The second-order valence-corrected chi connectivity index (χ2v) is 6.55. The summed E-state index contributed by atoms with van der Waals surface area (Å²) in [6.07, 6.45) is 3.53. The van der Waals surface area contributed by atoms with Gasteiger partial charge in [-0.3, -0.25) is 0 Å². The second-order valence-electron chi connectivity index (χ2n) is 5.51. The van der Waals surface area contributed by atoms with Crippen molar-refractivity contribution in [3.63, 3.8) is 0 Å². The van der Waals surface area contributed by atoms with Crippen molar-refractivity contribution < 1.29 is 9.94 Å². The molecule has 0 unspecified atom stereocenters.